The van der Waals surface area contributed by atoms with Crippen LogP contribution in [0.4, 0.5) is 0 Å². The van der Waals surface area contributed by atoms with Crippen molar-refractivity contribution in [2.24, 2.45) is 11.3 Å². The van der Waals surface area contributed by atoms with Crippen molar-refractivity contribution in [1.29, 1.82) is 0 Å². The summed E-state index contributed by atoms with van der Waals surface area (Å²) in [7, 11) is 0. The standard InChI is InChI=1S/C16H18O/c1-13(2)16(11-7-6-10-15(16)17)12-14-8-4-3-5-9-14/h3-11,13H,12H2,1-2H3. The summed E-state index contributed by atoms with van der Waals surface area (Å²) in [5, 5.41) is 0. The maximum atomic E-state index is 12.2. The Labute approximate surface area is 103 Å². The zero-order valence-corrected chi connectivity index (χ0v) is 10.4. The lowest BCUT2D eigenvalue weighted by Gasteiger charge is -2.34. The molecule has 0 bridgehead atoms. The van der Waals surface area contributed by atoms with E-state index in [2.05, 4.69) is 32.1 Å². The topological polar surface area (TPSA) is 17.1 Å². The van der Waals surface area contributed by atoms with Crippen LogP contribution in [0.1, 0.15) is 19.4 Å². The van der Waals surface area contributed by atoms with Crippen molar-refractivity contribution >= 4 is 5.78 Å². The number of carbonyl (C=O) groups excluding carboxylic acids is 1. The van der Waals surface area contributed by atoms with Crippen LogP contribution < -0.4 is 0 Å². The number of hydrogen-bond donors (Lipinski definition) is 0. The van der Waals surface area contributed by atoms with Crippen LogP contribution in [0.25, 0.3) is 0 Å². The van der Waals surface area contributed by atoms with Crippen molar-refractivity contribution < 1.29 is 4.79 Å². The van der Waals surface area contributed by atoms with E-state index in [9.17, 15) is 4.79 Å². The molecule has 1 heteroatoms. The monoisotopic (exact) mass is 226 g/mol. The van der Waals surface area contributed by atoms with Crippen LogP contribution in [-0.2, 0) is 11.2 Å². The van der Waals surface area contributed by atoms with Gasteiger partial charge in [0.1, 0.15) is 0 Å². The van der Waals surface area contributed by atoms with Crippen molar-refractivity contribution in [3.8, 4) is 0 Å². The largest absolute Gasteiger partial charge is 0.294 e. The Hall–Kier alpha value is -1.63. The van der Waals surface area contributed by atoms with E-state index < -0.39 is 0 Å². The molecular formula is C16H18O. The predicted molar refractivity (Wildman–Crippen MR) is 70.7 cm³/mol. The molecule has 0 N–H and O–H groups in total. The lowest BCUT2D eigenvalue weighted by atomic mass is 9.68. The molecule has 0 heterocycles. The van der Waals surface area contributed by atoms with Crippen molar-refractivity contribution in [3.63, 3.8) is 0 Å². The van der Waals surface area contributed by atoms with Gasteiger partial charge in [-0.1, -0.05) is 62.4 Å². The summed E-state index contributed by atoms with van der Waals surface area (Å²) in [6.45, 7) is 4.23. The predicted octanol–water partition coefficient (Wildman–Crippen LogP) is 3.57. The second-order valence-electron chi connectivity index (χ2n) is 4.94. The third-order valence-corrected chi connectivity index (χ3v) is 3.58. The van der Waals surface area contributed by atoms with Gasteiger partial charge in [-0.25, -0.2) is 0 Å². The fourth-order valence-electron chi connectivity index (χ4n) is 2.37. The maximum Gasteiger partial charge on any atom is 0.166 e. The Morgan fingerprint density at radius 3 is 2.41 bits per heavy atom. The minimum absolute atomic E-state index is 0.221. The zero-order chi connectivity index (χ0) is 12.3. The van der Waals surface area contributed by atoms with Crippen LogP contribution in [0.2, 0.25) is 0 Å². The Kier molecular flexibility index (Phi) is 3.28. The van der Waals surface area contributed by atoms with Gasteiger partial charge in [-0.3, -0.25) is 4.79 Å². The number of ketones is 1. The molecule has 1 nitrogen and oxygen atoms in total. The molecule has 1 unspecified atom stereocenters. The van der Waals surface area contributed by atoms with Crippen LogP contribution in [0.5, 0.6) is 0 Å². The van der Waals surface area contributed by atoms with Crippen molar-refractivity contribution in [2.75, 3.05) is 0 Å². The first kappa shape index (κ1) is 11.8. The summed E-state index contributed by atoms with van der Waals surface area (Å²) < 4.78 is 0. The molecule has 0 amide bonds. The molecule has 1 aromatic carbocycles. The molecule has 0 fully saturated rings. The quantitative estimate of drug-likeness (QED) is 0.770. The molecule has 1 aromatic rings. The van der Waals surface area contributed by atoms with E-state index in [1.54, 1.807) is 6.08 Å². The smallest absolute Gasteiger partial charge is 0.166 e. The van der Waals surface area contributed by atoms with E-state index in [1.807, 2.05) is 30.4 Å². The van der Waals surface area contributed by atoms with Gasteiger partial charge >= 0.3 is 0 Å². The summed E-state index contributed by atoms with van der Waals surface area (Å²) in [4.78, 5) is 12.2. The van der Waals surface area contributed by atoms with Gasteiger partial charge in [0.25, 0.3) is 0 Å². The van der Waals surface area contributed by atoms with Crippen molar-refractivity contribution in [1.82, 2.24) is 0 Å². The number of benzene rings is 1. The third kappa shape index (κ3) is 2.23. The van der Waals surface area contributed by atoms with E-state index in [4.69, 9.17) is 0 Å². The number of hydrogen-bond acceptors (Lipinski definition) is 1. The minimum atomic E-state index is -0.365. The van der Waals surface area contributed by atoms with Crippen molar-refractivity contribution in [2.45, 2.75) is 20.3 Å². The molecule has 0 saturated heterocycles. The Morgan fingerprint density at radius 1 is 1.12 bits per heavy atom. The average molecular weight is 226 g/mol. The Morgan fingerprint density at radius 2 is 1.82 bits per heavy atom. The average Bonchev–Trinajstić information content (AvgIpc) is 2.33. The molecule has 0 saturated carbocycles. The van der Waals surface area contributed by atoms with E-state index in [0.717, 1.165) is 6.42 Å². The van der Waals surface area contributed by atoms with Crippen LogP contribution in [0.15, 0.2) is 54.6 Å². The molecule has 1 aliphatic carbocycles. The maximum absolute atomic E-state index is 12.2. The lowest BCUT2D eigenvalue weighted by molar-refractivity contribution is -0.123. The Bertz CT molecular complexity index is 454. The highest BCUT2D eigenvalue weighted by Gasteiger charge is 2.38. The SMILES string of the molecule is CC(C)C1(Cc2ccccc2)C=CC=CC1=O. The first-order valence-electron chi connectivity index (χ1n) is 6.09. The Balaban J connectivity index is 2.34. The molecule has 1 aliphatic rings. The van der Waals surface area contributed by atoms with Gasteiger partial charge in [0.05, 0.1) is 5.41 Å². The van der Waals surface area contributed by atoms with Gasteiger partial charge in [0.15, 0.2) is 5.78 Å². The summed E-state index contributed by atoms with van der Waals surface area (Å²) >= 11 is 0. The summed E-state index contributed by atoms with van der Waals surface area (Å²) in [5.74, 6) is 0.523. The highest BCUT2D eigenvalue weighted by Crippen LogP contribution is 2.36. The molecule has 0 radical (unpaired) electrons. The molecule has 88 valence electrons. The highest BCUT2D eigenvalue weighted by atomic mass is 16.1. The van der Waals surface area contributed by atoms with Gasteiger partial charge in [0, 0.05) is 0 Å². The van der Waals surface area contributed by atoms with Gasteiger partial charge in [-0.2, -0.15) is 0 Å². The number of rotatable bonds is 3. The van der Waals surface area contributed by atoms with Gasteiger partial charge in [0.2, 0.25) is 0 Å². The van der Waals surface area contributed by atoms with E-state index in [1.165, 1.54) is 5.56 Å². The summed E-state index contributed by atoms with van der Waals surface area (Å²) in [5.41, 5.74) is 0.852. The molecule has 1 atom stereocenters. The summed E-state index contributed by atoms with van der Waals surface area (Å²) in [6.07, 6.45) is 8.36. The fraction of sp³-hybridized carbons (Fsp3) is 0.312. The third-order valence-electron chi connectivity index (χ3n) is 3.58. The molecule has 0 aliphatic heterocycles. The molecule has 0 aromatic heterocycles. The van der Waals surface area contributed by atoms with Gasteiger partial charge in [-0.15, -0.1) is 0 Å². The second-order valence-corrected chi connectivity index (χ2v) is 4.94. The molecule has 2 rings (SSSR count). The van der Waals surface area contributed by atoms with E-state index in [0.29, 0.717) is 5.92 Å². The number of allylic oxidation sites excluding steroid dienone is 4. The number of carbonyl (C=O) groups is 1. The second kappa shape index (κ2) is 4.70. The summed E-state index contributed by atoms with van der Waals surface area (Å²) in [6, 6.07) is 10.2. The van der Waals surface area contributed by atoms with E-state index in [-0.39, 0.29) is 11.2 Å². The van der Waals surface area contributed by atoms with Gasteiger partial charge in [-0.05, 0) is 24.0 Å². The van der Waals surface area contributed by atoms with Crippen molar-refractivity contribution in [3.05, 3.63) is 60.2 Å². The first-order chi connectivity index (χ1) is 8.15. The fourth-order valence-corrected chi connectivity index (χ4v) is 2.37. The minimum Gasteiger partial charge on any atom is -0.294 e. The van der Waals surface area contributed by atoms with Crippen LogP contribution in [0, 0.1) is 11.3 Å². The highest BCUT2D eigenvalue weighted by molar-refractivity contribution is 5.98. The molecule has 0 spiro atoms. The van der Waals surface area contributed by atoms with Crippen LogP contribution in [-0.4, -0.2) is 5.78 Å². The lowest BCUT2D eigenvalue weighted by Crippen LogP contribution is -2.36. The van der Waals surface area contributed by atoms with Crippen LogP contribution in [0.3, 0.4) is 0 Å². The zero-order valence-electron chi connectivity index (χ0n) is 10.4. The van der Waals surface area contributed by atoms with Crippen LogP contribution >= 0.6 is 0 Å². The molecular weight excluding hydrogens is 208 g/mol. The first-order valence-corrected chi connectivity index (χ1v) is 6.09. The normalized spacial score (nSPS) is 23.4. The van der Waals surface area contributed by atoms with Gasteiger partial charge < -0.3 is 0 Å². The van der Waals surface area contributed by atoms with E-state index >= 15 is 0 Å². The molecule has 17 heavy (non-hydrogen) atoms.